The van der Waals surface area contributed by atoms with Crippen LogP contribution in [-0.4, -0.2) is 66.5 Å². The summed E-state index contributed by atoms with van der Waals surface area (Å²) in [6, 6.07) is 5.44. The summed E-state index contributed by atoms with van der Waals surface area (Å²) >= 11 is 0. The molecule has 0 radical (unpaired) electrons. The molecule has 0 heterocycles. The molecular weight excluding hydrogens is 504 g/mol. The molecule has 0 saturated carbocycles. The number of rotatable bonds is 8. The van der Waals surface area contributed by atoms with Crippen LogP contribution in [0.2, 0.25) is 0 Å². The van der Waals surface area contributed by atoms with Gasteiger partial charge in [-0.05, 0) is 71.5 Å². The lowest BCUT2D eigenvalue weighted by atomic mass is 9.72. The molecule has 12 heteroatoms. The first kappa shape index (κ1) is 25.6. The van der Waals surface area contributed by atoms with Crippen LogP contribution < -0.4 is 0 Å². The highest BCUT2D eigenvalue weighted by Crippen LogP contribution is 2.47. The Kier molecular flexibility index (Phi) is 6.17. The Morgan fingerprint density at radius 2 is 0.816 bits per heavy atom. The highest BCUT2D eigenvalue weighted by Gasteiger charge is 2.37. The van der Waals surface area contributed by atoms with Crippen molar-refractivity contribution in [1.82, 2.24) is 0 Å². The highest BCUT2D eigenvalue weighted by molar-refractivity contribution is 6.15. The average molecular weight is 520 g/mol. The summed E-state index contributed by atoms with van der Waals surface area (Å²) in [5.74, 6) is -9.39. The molecule has 3 aromatic rings. The fraction of sp³-hybridized carbons (Fsp3) is 0.0769. The smallest absolute Gasteiger partial charge is 0.336 e. The Bertz CT molecular complexity index is 1510. The second-order valence-electron chi connectivity index (χ2n) is 8.31. The normalized spacial score (nSPS) is 11.7. The second-order valence-corrected chi connectivity index (χ2v) is 8.31. The minimum atomic E-state index is -1.60. The quantitative estimate of drug-likeness (QED) is 0.252. The molecule has 6 N–H and O–H groups in total. The zero-order valence-electron chi connectivity index (χ0n) is 19.0. The van der Waals surface area contributed by atoms with E-state index >= 15 is 0 Å². The molecule has 12 nitrogen and oxygen atoms in total. The van der Waals surface area contributed by atoms with E-state index in [-0.39, 0.29) is 24.0 Å². The Balaban J connectivity index is 2.36. The van der Waals surface area contributed by atoms with Gasteiger partial charge in [-0.15, -0.1) is 0 Å². The number of carboxylic acid groups (broad SMARTS) is 6. The summed E-state index contributed by atoms with van der Waals surface area (Å²) < 4.78 is 0. The number of fused-ring (bicyclic) bond motifs is 1. The minimum absolute atomic E-state index is 0.0666. The van der Waals surface area contributed by atoms with Crippen molar-refractivity contribution in [3.8, 4) is 22.3 Å². The predicted octanol–water partition coefficient (Wildman–Crippen LogP) is 3.31. The van der Waals surface area contributed by atoms with E-state index in [0.717, 1.165) is 36.4 Å². The van der Waals surface area contributed by atoms with Gasteiger partial charge < -0.3 is 30.6 Å². The third-order valence-corrected chi connectivity index (χ3v) is 6.30. The molecule has 0 saturated heterocycles. The van der Waals surface area contributed by atoms with Crippen LogP contribution in [0.1, 0.15) is 73.3 Å². The summed E-state index contributed by atoms with van der Waals surface area (Å²) in [6.07, 6.45) is 0.207. The van der Waals surface area contributed by atoms with Gasteiger partial charge in [0.15, 0.2) is 0 Å². The summed E-state index contributed by atoms with van der Waals surface area (Å²) in [7, 11) is 0. The van der Waals surface area contributed by atoms with Gasteiger partial charge in [0.1, 0.15) is 0 Å². The monoisotopic (exact) mass is 520 g/mol. The van der Waals surface area contributed by atoms with Gasteiger partial charge in [-0.2, -0.15) is 0 Å². The van der Waals surface area contributed by atoms with E-state index in [1.807, 2.05) is 0 Å². The van der Waals surface area contributed by atoms with Gasteiger partial charge in [-0.25, -0.2) is 28.8 Å². The lowest BCUT2D eigenvalue weighted by Crippen LogP contribution is -2.24. The van der Waals surface area contributed by atoms with Gasteiger partial charge in [0.25, 0.3) is 0 Å². The van der Waals surface area contributed by atoms with Crippen molar-refractivity contribution in [2.45, 2.75) is 12.8 Å². The summed E-state index contributed by atoms with van der Waals surface area (Å²) in [5.41, 5.74) is -5.07. The Hall–Kier alpha value is -5.52. The predicted molar refractivity (Wildman–Crippen MR) is 126 cm³/mol. The SMILES string of the molecule is O=C(O)c1ccc(C(=O)O)c(-c2c(C(=O)O)c3c(c(C(=O)O)c2-c2cc(C(=O)O)ccc2C(=O)O)CC3)c1. The van der Waals surface area contributed by atoms with Gasteiger partial charge in [-0.3, -0.25) is 0 Å². The Labute approximate surface area is 211 Å². The van der Waals surface area contributed by atoms with E-state index in [1.54, 1.807) is 0 Å². The molecule has 3 aromatic carbocycles. The summed E-state index contributed by atoms with van der Waals surface area (Å²) in [5, 5.41) is 59.1. The van der Waals surface area contributed by atoms with E-state index in [2.05, 4.69) is 0 Å². The fourth-order valence-corrected chi connectivity index (χ4v) is 4.63. The second kappa shape index (κ2) is 9.17. The lowest BCUT2D eigenvalue weighted by Gasteiger charge is -2.30. The van der Waals surface area contributed by atoms with Crippen LogP contribution in [0.5, 0.6) is 0 Å². The van der Waals surface area contributed by atoms with Crippen LogP contribution in [0.25, 0.3) is 22.3 Å². The van der Waals surface area contributed by atoms with Crippen LogP contribution >= 0.6 is 0 Å². The molecule has 192 valence electrons. The van der Waals surface area contributed by atoms with Crippen molar-refractivity contribution in [3.05, 3.63) is 80.9 Å². The van der Waals surface area contributed by atoms with E-state index in [9.17, 15) is 59.4 Å². The number of aromatic carboxylic acids is 6. The highest BCUT2D eigenvalue weighted by atomic mass is 16.4. The number of hydrogen-bond acceptors (Lipinski definition) is 6. The van der Waals surface area contributed by atoms with E-state index < -0.39 is 91.5 Å². The largest absolute Gasteiger partial charge is 0.478 e. The molecule has 38 heavy (non-hydrogen) atoms. The molecule has 0 bridgehead atoms. The van der Waals surface area contributed by atoms with Crippen molar-refractivity contribution in [3.63, 3.8) is 0 Å². The number of carbonyl (C=O) groups is 6. The Morgan fingerprint density at radius 3 is 1.05 bits per heavy atom. The first-order chi connectivity index (χ1) is 17.8. The molecule has 0 fully saturated rings. The van der Waals surface area contributed by atoms with Gasteiger partial charge >= 0.3 is 35.8 Å². The first-order valence-corrected chi connectivity index (χ1v) is 10.7. The molecule has 0 spiro atoms. The topological polar surface area (TPSA) is 224 Å². The molecule has 0 unspecified atom stereocenters. The minimum Gasteiger partial charge on any atom is -0.478 e. The average Bonchev–Trinajstić information content (AvgIpc) is 2.82. The van der Waals surface area contributed by atoms with Crippen molar-refractivity contribution < 1.29 is 59.4 Å². The lowest BCUT2D eigenvalue weighted by molar-refractivity contribution is 0.0677. The zero-order chi connectivity index (χ0) is 28.0. The van der Waals surface area contributed by atoms with E-state index in [1.165, 1.54) is 0 Å². The third kappa shape index (κ3) is 3.99. The number of benzene rings is 3. The standard InChI is InChI=1S/C26H16O12/c27-21(28)9-1-3-13(23(31)32)15(7-9)17-18(16-8-10(22(29)30)2-4-14(16)24(33)34)20(26(37)38)12-6-5-11(12)19(17)25(35)36/h1-4,7-8H,5-6H2,(H,27,28)(H,29,30)(H,31,32)(H,33,34)(H,35,36)(H,37,38). The van der Waals surface area contributed by atoms with Gasteiger partial charge in [0.05, 0.1) is 33.4 Å². The Morgan fingerprint density at radius 1 is 0.474 bits per heavy atom. The molecule has 0 atom stereocenters. The van der Waals surface area contributed by atoms with Gasteiger partial charge in [0.2, 0.25) is 0 Å². The molecule has 4 rings (SSSR count). The van der Waals surface area contributed by atoms with Crippen LogP contribution in [0.3, 0.4) is 0 Å². The van der Waals surface area contributed by atoms with Crippen LogP contribution in [0.4, 0.5) is 0 Å². The summed E-state index contributed by atoms with van der Waals surface area (Å²) in [6.45, 7) is 0. The summed E-state index contributed by atoms with van der Waals surface area (Å²) in [4.78, 5) is 72.7. The molecule has 0 aliphatic heterocycles. The van der Waals surface area contributed by atoms with Crippen molar-refractivity contribution in [2.24, 2.45) is 0 Å². The van der Waals surface area contributed by atoms with Crippen LogP contribution in [0, 0.1) is 0 Å². The maximum absolute atomic E-state index is 12.5. The fourth-order valence-electron chi connectivity index (χ4n) is 4.63. The number of carboxylic acids is 6. The maximum Gasteiger partial charge on any atom is 0.336 e. The van der Waals surface area contributed by atoms with Crippen LogP contribution in [-0.2, 0) is 12.8 Å². The van der Waals surface area contributed by atoms with Gasteiger partial charge in [-0.1, -0.05) is 0 Å². The van der Waals surface area contributed by atoms with Gasteiger partial charge in [0, 0.05) is 11.1 Å². The molecule has 1 aliphatic rings. The zero-order valence-corrected chi connectivity index (χ0v) is 19.0. The molecule has 0 amide bonds. The van der Waals surface area contributed by atoms with Crippen molar-refractivity contribution in [1.29, 1.82) is 0 Å². The van der Waals surface area contributed by atoms with E-state index in [4.69, 9.17) is 0 Å². The molecular formula is C26H16O12. The maximum atomic E-state index is 12.5. The van der Waals surface area contributed by atoms with E-state index in [0.29, 0.717) is 0 Å². The first-order valence-electron chi connectivity index (χ1n) is 10.7. The molecule has 1 aliphatic carbocycles. The van der Waals surface area contributed by atoms with Crippen LogP contribution in [0.15, 0.2) is 36.4 Å². The van der Waals surface area contributed by atoms with Crippen molar-refractivity contribution >= 4 is 35.8 Å². The third-order valence-electron chi connectivity index (χ3n) is 6.30. The number of hydrogen-bond donors (Lipinski definition) is 6. The molecule has 0 aromatic heterocycles. The van der Waals surface area contributed by atoms with Crippen molar-refractivity contribution in [2.75, 3.05) is 0 Å².